The Labute approximate surface area is 99.5 Å². The first-order valence-electron chi connectivity index (χ1n) is 5.43. The second-order valence-electron chi connectivity index (χ2n) is 3.97. The van der Waals surface area contributed by atoms with Gasteiger partial charge in [0.25, 0.3) is 0 Å². The fourth-order valence-electron chi connectivity index (χ4n) is 1.57. The van der Waals surface area contributed by atoms with Gasteiger partial charge in [-0.25, -0.2) is 0 Å². The quantitative estimate of drug-likeness (QED) is 0.840. The molecule has 0 spiro atoms. The number of rotatable bonds is 4. The van der Waals surface area contributed by atoms with Gasteiger partial charge in [0.15, 0.2) is 5.82 Å². The van der Waals surface area contributed by atoms with Crippen molar-refractivity contribution in [3.63, 3.8) is 0 Å². The molecule has 2 rings (SSSR count). The van der Waals surface area contributed by atoms with Crippen molar-refractivity contribution in [3.8, 4) is 5.75 Å². The van der Waals surface area contributed by atoms with Crippen molar-refractivity contribution < 1.29 is 9.63 Å². The molecule has 0 amide bonds. The van der Waals surface area contributed by atoms with Crippen LogP contribution in [-0.4, -0.2) is 15.2 Å². The lowest BCUT2D eigenvalue weighted by Crippen LogP contribution is -2.13. The van der Waals surface area contributed by atoms with Crippen molar-refractivity contribution in [2.24, 2.45) is 0 Å². The van der Waals surface area contributed by atoms with Crippen molar-refractivity contribution in [1.82, 2.24) is 15.5 Å². The van der Waals surface area contributed by atoms with Crippen LogP contribution < -0.4 is 5.32 Å². The second kappa shape index (κ2) is 4.97. The van der Waals surface area contributed by atoms with Crippen LogP contribution in [0.1, 0.15) is 22.8 Å². The lowest BCUT2D eigenvalue weighted by atomic mass is 10.1. The molecule has 2 aromatic rings. The van der Waals surface area contributed by atoms with Gasteiger partial charge in [0.1, 0.15) is 5.75 Å². The number of hydrogen-bond acceptors (Lipinski definition) is 5. The molecule has 0 aliphatic rings. The van der Waals surface area contributed by atoms with Gasteiger partial charge in [-0.3, -0.25) is 0 Å². The fraction of sp³-hybridized carbons (Fsp3) is 0.333. The molecule has 1 aromatic heterocycles. The van der Waals surface area contributed by atoms with Gasteiger partial charge in [-0.2, -0.15) is 4.98 Å². The van der Waals surface area contributed by atoms with Crippen molar-refractivity contribution in [3.05, 3.63) is 41.0 Å². The highest BCUT2D eigenvalue weighted by Gasteiger charge is 2.04. The minimum absolute atomic E-state index is 0.296. The van der Waals surface area contributed by atoms with E-state index in [0.717, 1.165) is 11.1 Å². The number of phenolic OH excluding ortho intramolecular Hbond substituents is 1. The molecule has 0 unspecified atom stereocenters. The summed E-state index contributed by atoms with van der Waals surface area (Å²) in [6.07, 6.45) is 0. The molecule has 0 saturated carbocycles. The third kappa shape index (κ3) is 3.04. The zero-order valence-corrected chi connectivity index (χ0v) is 9.90. The minimum Gasteiger partial charge on any atom is -0.508 e. The van der Waals surface area contributed by atoms with Gasteiger partial charge < -0.3 is 14.9 Å². The fourth-order valence-corrected chi connectivity index (χ4v) is 1.57. The third-order valence-electron chi connectivity index (χ3n) is 2.40. The van der Waals surface area contributed by atoms with Crippen molar-refractivity contribution in [1.29, 1.82) is 0 Å². The van der Waals surface area contributed by atoms with Crippen LogP contribution in [0.2, 0.25) is 0 Å². The smallest absolute Gasteiger partial charge is 0.240 e. The van der Waals surface area contributed by atoms with E-state index in [9.17, 15) is 5.11 Å². The van der Waals surface area contributed by atoms with Crippen LogP contribution in [0, 0.1) is 13.8 Å². The van der Waals surface area contributed by atoms with Crippen LogP contribution >= 0.6 is 0 Å². The number of nitrogens with zero attached hydrogens (tertiary/aromatic N) is 2. The molecule has 5 nitrogen and oxygen atoms in total. The van der Waals surface area contributed by atoms with E-state index in [0.29, 0.717) is 30.6 Å². The summed E-state index contributed by atoms with van der Waals surface area (Å²) in [7, 11) is 0. The number of aromatic hydroxyl groups is 1. The second-order valence-corrected chi connectivity index (χ2v) is 3.97. The topological polar surface area (TPSA) is 71.2 Å². The Morgan fingerprint density at radius 3 is 2.82 bits per heavy atom. The molecular weight excluding hydrogens is 218 g/mol. The Balaban J connectivity index is 1.91. The summed E-state index contributed by atoms with van der Waals surface area (Å²) >= 11 is 0. The molecule has 0 bridgehead atoms. The lowest BCUT2D eigenvalue weighted by molar-refractivity contribution is 0.363. The highest BCUT2D eigenvalue weighted by atomic mass is 16.5. The Bertz CT molecular complexity index is 508. The number of aromatic nitrogens is 2. The van der Waals surface area contributed by atoms with Crippen molar-refractivity contribution in [2.75, 3.05) is 0 Å². The highest BCUT2D eigenvalue weighted by Crippen LogP contribution is 2.17. The maximum atomic E-state index is 9.64. The van der Waals surface area contributed by atoms with Gasteiger partial charge in [0.2, 0.25) is 5.89 Å². The summed E-state index contributed by atoms with van der Waals surface area (Å²) in [5.74, 6) is 1.47. The minimum atomic E-state index is 0.296. The first-order chi connectivity index (χ1) is 8.15. The van der Waals surface area contributed by atoms with E-state index in [1.165, 1.54) is 0 Å². The maximum Gasteiger partial charge on any atom is 0.240 e. The van der Waals surface area contributed by atoms with E-state index < -0.39 is 0 Å². The Hall–Kier alpha value is -1.88. The largest absolute Gasteiger partial charge is 0.508 e. The van der Waals surface area contributed by atoms with E-state index in [-0.39, 0.29) is 0 Å². The Morgan fingerprint density at radius 2 is 2.12 bits per heavy atom. The molecule has 17 heavy (non-hydrogen) atoms. The van der Waals surface area contributed by atoms with E-state index in [2.05, 4.69) is 15.5 Å². The molecule has 0 fully saturated rings. The molecule has 5 heteroatoms. The van der Waals surface area contributed by atoms with Crippen LogP contribution in [-0.2, 0) is 13.1 Å². The zero-order valence-electron chi connectivity index (χ0n) is 9.90. The Morgan fingerprint density at radius 1 is 1.29 bits per heavy atom. The number of phenols is 1. The summed E-state index contributed by atoms with van der Waals surface area (Å²) in [5, 5.41) is 16.5. The molecule has 0 aliphatic heterocycles. The SMILES string of the molecule is Cc1ccc(O)c(CNCc2nc(C)no2)c1. The van der Waals surface area contributed by atoms with Crippen LogP contribution in [0.4, 0.5) is 0 Å². The maximum absolute atomic E-state index is 9.64. The molecule has 0 radical (unpaired) electrons. The predicted octanol–water partition coefficient (Wildman–Crippen LogP) is 1.68. The summed E-state index contributed by atoms with van der Waals surface area (Å²) in [4.78, 5) is 4.08. The summed E-state index contributed by atoms with van der Waals surface area (Å²) < 4.78 is 4.97. The van der Waals surface area contributed by atoms with Gasteiger partial charge in [-0.05, 0) is 19.9 Å². The van der Waals surface area contributed by atoms with Gasteiger partial charge >= 0.3 is 0 Å². The summed E-state index contributed by atoms with van der Waals surface area (Å²) in [6.45, 7) is 4.83. The van der Waals surface area contributed by atoms with Crippen molar-refractivity contribution >= 4 is 0 Å². The van der Waals surface area contributed by atoms with Crippen LogP contribution in [0.15, 0.2) is 22.7 Å². The predicted molar refractivity (Wildman–Crippen MR) is 62.4 cm³/mol. The number of nitrogens with one attached hydrogen (secondary N) is 1. The first-order valence-corrected chi connectivity index (χ1v) is 5.43. The molecule has 0 saturated heterocycles. The van der Waals surface area contributed by atoms with Crippen LogP contribution in [0.5, 0.6) is 5.75 Å². The number of hydrogen-bond donors (Lipinski definition) is 2. The van der Waals surface area contributed by atoms with Gasteiger partial charge in [-0.1, -0.05) is 22.9 Å². The average Bonchev–Trinajstić information content (AvgIpc) is 2.69. The van der Waals surface area contributed by atoms with Crippen LogP contribution in [0.3, 0.4) is 0 Å². The zero-order chi connectivity index (χ0) is 12.3. The van der Waals surface area contributed by atoms with Gasteiger partial charge in [0.05, 0.1) is 6.54 Å². The average molecular weight is 233 g/mol. The molecule has 2 N–H and O–H groups in total. The first kappa shape index (κ1) is 11.6. The van der Waals surface area contributed by atoms with Crippen molar-refractivity contribution in [2.45, 2.75) is 26.9 Å². The van der Waals surface area contributed by atoms with E-state index >= 15 is 0 Å². The third-order valence-corrected chi connectivity index (χ3v) is 2.40. The summed E-state index contributed by atoms with van der Waals surface area (Å²) in [6, 6.07) is 5.52. The molecule has 0 aliphatic carbocycles. The normalized spacial score (nSPS) is 10.7. The molecule has 90 valence electrons. The highest BCUT2D eigenvalue weighted by molar-refractivity contribution is 5.35. The lowest BCUT2D eigenvalue weighted by Gasteiger charge is -2.06. The van der Waals surface area contributed by atoms with Crippen LogP contribution in [0.25, 0.3) is 0 Å². The number of benzene rings is 1. The van der Waals surface area contributed by atoms with E-state index in [1.54, 1.807) is 13.0 Å². The molecule has 1 heterocycles. The standard InChI is InChI=1S/C12H15N3O2/c1-8-3-4-11(16)10(5-8)6-13-7-12-14-9(2)15-17-12/h3-5,13,16H,6-7H2,1-2H3. The molecular formula is C12H15N3O2. The Kier molecular flexibility index (Phi) is 3.39. The molecule has 0 atom stereocenters. The van der Waals surface area contributed by atoms with E-state index in [1.807, 2.05) is 19.1 Å². The van der Waals surface area contributed by atoms with Gasteiger partial charge in [-0.15, -0.1) is 0 Å². The number of aryl methyl sites for hydroxylation is 2. The monoisotopic (exact) mass is 233 g/mol. The van der Waals surface area contributed by atoms with Gasteiger partial charge in [0, 0.05) is 12.1 Å². The van der Waals surface area contributed by atoms with E-state index in [4.69, 9.17) is 4.52 Å². The summed E-state index contributed by atoms with van der Waals surface area (Å²) in [5.41, 5.74) is 1.98. The molecule has 1 aromatic carbocycles.